The zero-order valence-electron chi connectivity index (χ0n) is 18.3. The zero-order valence-corrected chi connectivity index (χ0v) is 19.1. The molecule has 0 bridgehead atoms. The molecule has 3 aromatic rings. The van der Waals surface area contributed by atoms with Crippen LogP contribution in [0.25, 0.3) is 5.57 Å². The van der Waals surface area contributed by atoms with Gasteiger partial charge in [0, 0.05) is 6.07 Å². The fourth-order valence-corrected chi connectivity index (χ4v) is 4.71. The predicted octanol–water partition coefficient (Wildman–Crippen LogP) is 5.13. The largest absolute Gasteiger partial charge is 0.497 e. The number of thioether (sulfide) groups is 1. The second kappa shape index (κ2) is 8.96. The monoisotopic (exact) mass is 449 g/mol. The van der Waals surface area contributed by atoms with Crippen LogP contribution in [-0.2, 0) is 15.3 Å². The van der Waals surface area contributed by atoms with Crippen molar-refractivity contribution in [1.29, 1.82) is 0 Å². The second-order valence-electron chi connectivity index (χ2n) is 7.37. The van der Waals surface area contributed by atoms with Crippen LogP contribution >= 0.6 is 11.8 Å². The molecular weight excluding hydrogens is 426 g/mol. The minimum atomic E-state index is -0.384. The number of imide groups is 1. The molecule has 1 aliphatic heterocycles. The molecular formula is C25H23NO5S. The van der Waals surface area contributed by atoms with Crippen LogP contribution in [0.1, 0.15) is 22.5 Å². The van der Waals surface area contributed by atoms with Crippen LogP contribution in [0.3, 0.4) is 0 Å². The fraction of sp³-hybridized carbons (Fsp3) is 0.200. The summed E-state index contributed by atoms with van der Waals surface area (Å²) in [5.74, 6) is 1.34. The molecule has 0 fully saturated rings. The molecule has 7 heteroatoms. The van der Waals surface area contributed by atoms with Crippen molar-refractivity contribution in [3.8, 4) is 11.5 Å². The Labute approximate surface area is 190 Å². The van der Waals surface area contributed by atoms with Crippen LogP contribution in [0.2, 0.25) is 0 Å². The number of anilines is 1. The van der Waals surface area contributed by atoms with Crippen LogP contribution in [-0.4, -0.2) is 26.0 Å². The average Bonchev–Trinajstić information content (AvgIpc) is 3.38. The average molecular weight is 450 g/mol. The third-order valence-electron chi connectivity index (χ3n) is 5.26. The highest BCUT2D eigenvalue weighted by Gasteiger charge is 2.42. The van der Waals surface area contributed by atoms with E-state index in [-0.39, 0.29) is 11.8 Å². The van der Waals surface area contributed by atoms with Gasteiger partial charge in [-0.25, -0.2) is 4.90 Å². The Morgan fingerprint density at radius 3 is 2.44 bits per heavy atom. The number of aryl methyl sites for hydroxylation is 2. The van der Waals surface area contributed by atoms with Gasteiger partial charge in [0.15, 0.2) is 0 Å². The summed E-state index contributed by atoms with van der Waals surface area (Å²) >= 11 is 1.30. The van der Waals surface area contributed by atoms with E-state index < -0.39 is 0 Å². The molecule has 2 amide bonds. The van der Waals surface area contributed by atoms with Gasteiger partial charge in [-0.05, 0) is 49.2 Å². The number of carbonyl (C=O) groups is 2. The molecule has 0 unspecified atom stereocenters. The molecule has 6 nitrogen and oxygen atoms in total. The first-order chi connectivity index (χ1) is 15.4. The third kappa shape index (κ3) is 3.91. The van der Waals surface area contributed by atoms with Gasteiger partial charge >= 0.3 is 0 Å². The maximum Gasteiger partial charge on any atom is 0.272 e. The molecule has 32 heavy (non-hydrogen) atoms. The lowest BCUT2D eigenvalue weighted by molar-refractivity contribution is -0.119. The van der Waals surface area contributed by atoms with Crippen LogP contribution in [0.4, 0.5) is 5.69 Å². The third-order valence-corrected chi connectivity index (χ3v) is 6.36. The van der Waals surface area contributed by atoms with Crippen molar-refractivity contribution in [1.82, 2.24) is 0 Å². The maximum absolute atomic E-state index is 13.7. The van der Waals surface area contributed by atoms with Gasteiger partial charge in [-0.2, -0.15) is 0 Å². The topological polar surface area (TPSA) is 69.0 Å². The number of hydrogen-bond donors (Lipinski definition) is 0. The summed E-state index contributed by atoms with van der Waals surface area (Å²) in [7, 11) is 3.04. The van der Waals surface area contributed by atoms with Gasteiger partial charge in [-0.15, -0.1) is 11.8 Å². The summed E-state index contributed by atoms with van der Waals surface area (Å²) in [6.45, 7) is 3.94. The van der Waals surface area contributed by atoms with Crippen LogP contribution < -0.4 is 14.4 Å². The summed E-state index contributed by atoms with van der Waals surface area (Å²) < 4.78 is 16.1. The minimum absolute atomic E-state index is 0.374. The fourth-order valence-electron chi connectivity index (χ4n) is 3.70. The van der Waals surface area contributed by atoms with E-state index in [1.54, 1.807) is 37.6 Å². The standard InChI is InChI=1S/C25H23NO5S/c1-15-7-9-19(16(2)12-15)22-23(32-14-18-6-5-11-31-18)25(28)26(24(22)27)20-10-8-17(29-3)13-21(20)30-4/h5-13H,14H2,1-4H3. The van der Waals surface area contributed by atoms with E-state index in [0.717, 1.165) is 22.5 Å². The molecule has 0 atom stereocenters. The number of amides is 2. The molecule has 1 aromatic heterocycles. The van der Waals surface area contributed by atoms with Crippen LogP contribution in [0.5, 0.6) is 11.5 Å². The van der Waals surface area contributed by atoms with Crippen molar-refractivity contribution in [3.63, 3.8) is 0 Å². The lowest BCUT2D eigenvalue weighted by Gasteiger charge is -2.19. The lowest BCUT2D eigenvalue weighted by Crippen LogP contribution is -2.31. The Kier molecular flexibility index (Phi) is 6.10. The molecule has 0 N–H and O–H groups in total. The predicted molar refractivity (Wildman–Crippen MR) is 125 cm³/mol. The van der Waals surface area contributed by atoms with E-state index in [2.05, 4.69) is 0 Å². The van der Waals surface area contributed by atoms with Gasteiger partial charge in [-0.3, -0.25) is 9.59 Å². The van der Waals surface area contributed by atoms with Crippen molar-refractivity contribution < 1.29 is 23.5 Å². The molecule has 1 aliphatic rings. The molecule has 0 saturated heterocycles. The maximum atomic E-state index is 13.7. The van der Waals surface area contributed by atoms with E-state index in [9.17, 15) is 9.59 Å². The first-order valence-corrected chi connectivity index (χ1v) is 11.0. The molecule has 164 valence electrons. The highest BCUT2D eigenvalue weighted by Crippen LogP contribution is 2.43. The molecule has 0 radical (unpaired) electrons. The Balaban J connectivity index is 1.81. The molecule has 0 spiro atoms. The number of benzene rings is 2. The first-order valence-electron chi connectivity index (χ1n) is 10.0. The highest BCUT2D eigenvalue weighted by molar-refractivity contribution is 8.03. The summed E-state index contributed by atoms with van der Waals surface area (Å²) in [6.07, 6.45) is 1.59. The minimum Gasteiger partial charge on any atom is -0.497 e. The first kappa shape index (κ1) is 21.8. The smallest absolute Gasteiger partial charge is 0.272 e. The summed E-state index contributed by atoms with van der Waals surface area (Å²) in [6, 6.07) is 14.5. The zero-order chi connectivity index (χ0) is 22.8. The van der Waals surface area contributed by atoms with Crippen LogP contribution in [0, 0.1) is 13.8 Å². The van der Waals surface area contributed by atoms with Crippen molar-refractivity contribution in [3.05, 3.63) is 82.1 Å². The molecule has 0 saturated carbocycles. The van der Waals surface area contributed by atoms with E-state index in [0.29, 0.717) is 33.4 Å². The number of carbonyl (C=O) groups excluding carboxylic acids is 2. The van der Waals surface area contributed by atoms with Gasteiger partial charge in [0.25, 0.3) is 11.8 Å². The summed E-state index contributed by atoms with van der Waals surface area (Å²) in [5, 5.41) is 0. The van der Waals surface area contributed by atoms with E-state index in [1.807, 2.05) is 38.1 Å². The van der Waals surface area contributed by atoms with Crippen molar-refractivity contribution in [2.75, 3.05) is 19.1 Å². The highest BCUT2D eigenvalue weighted by atomic mass is 32.2. The van der Waals surface area contributed by atoms with Gasteiger partial charge < -0.3 is 13.9 Å². The van der Waals surface area contributed by atoms with E-state index in [1.165, 1.54) is 23.8 Å². The molecule has 2 aromatic carbocycles. The van der Waals surface area contributed by atoms with E-state index >= 15 is 0 Å². The number of furan rings is 1. The number of rotatable bonds is 7. The van der Waals surface area contributed by atoms with Crippen molar-refractivity contribution in [2.24, 2.45) is 0 Å². The number of methoxy groups -OCH3 is 2. The SMILES string of the molecule is COc1ccc(N2C(=O)C(SCc3ccco3)=C(c3ccc(C)cc3C)C2=O)c(OC)c1. The second-order valence-corrected chi connectivity index (χ2v) is 8.36. The normalized spacial score (nSPS) is 13.8. The van der Waals surface area contributed by atoms with Gasteiger partial charge in [-0.1, -0.05) is 23.8 Å². The molecule has 2 heterocycles. The van der Waals surface area contributed by atoms with Gasteiger partial charge in [0.05, 0.1) is 42.4 Å². The molecule has 4 rings (SSSR count). The Bertz CT molecular complexity index is 1210. The molecule has 0 aliphatic carbocycles. The van der Waals surface area contributed by atoms with Crippen molar-refractivity contribution in [2.45, 2.75) is 19.6 Å². The quantitative estimate of drug-likeness (QED) is 0.466. The summed E-state index contributed by atoms with van der Waals surface area (Å²) in [5.41, 5.74) is 3.52. The van der Waals surface area contributed by atoms with Gasteiger partial charge in [0.2, 0.25) is 0 Å². The number of hydrogen-bond acceptors (Lipinski definition) is 6. The van der Waals surface area contributed by atoms with Crippen LogP contribution in [0.15, 0.2) is 64.1 Å². The Morgan fingerprint density at radius 1 is 0.969 bits per heavy atom. The lowest BCUT2D eigenvalue weighted by atomic mass is 9.98. The Hall–Kier alpha value is -3.45. The Morgan fingerprint density at radius 2 is 1.78 bits per heavy atom. The number of ether oxygens (including phenoxy) is 2. The van der Waals surface area contributed by atoms with Gasteiger partial charge in [0.1, 0.15) is 17.3 Å². The summed E-state index contributed by atoms with van der Waals surface area (Å²) in [4.78, 5) is 28.8. The van der Waals surface area contributed by atoms with E-state index in [4.69, 9.17) is 13.9 Å². The van der Waals surface area contributed by atoms with Crippen molar-refractivity contribution >= 4 is 34.8 Å². The number of nitrogens with zero attached hydrogens (tertiary/aromatic N) is 1.